The van der Waals surface area contributed by atoms with E-state index in [1.54, 1.807) is 12.3 Å². The van der Waals surface area contributed by atoms with Crippen LogP contribution in [-0.4, -0.2) is 27.1 Å². The fourth-order valence-electron chi connectivity index (χ4n) is 3.09. The van der Waals surface area contributed by atoms with E-state index in [2.05, 4.69) is 26.2 Å². The van der Waals surface area contributed by atoms with Gasteiger partial charge in [-0.15, -0.1) is 11.8 Å². The predicted molar refractivity (Wildman–Crippen MR) is 113 cm³/mol. The van der Waals surface area contributed by atoms with E-state index in [1.807, 2.05) is 47.8 Å². The van der Waals surface area contributed by atoms with Crippen molar-refractivity contribution in [2.24, 2.45) is 7.05 Å². The second kappa shape index (κ2) is 7.43. The molecule has 1 unspecified atom stereocenters. The summed E-state index contributed by atoms with van der Waals surface area (Å²) in [6, 6.07) is 9.64. The average Bonchev–Trinajstić information content (AvgIpc) is 2.79. The normalized spacial score (nSPS) is 16.7. The molecule has 1 N–H and O–H groups in total. The van der Waals surface area contributed by atoms with Gasteiger partial charge in [-0.25, -0.2) is 0 Å². The second-order valence-corrected chi connectivity index (χ2v) is 8.91. The van der Waals surface area contributed by atoms with Crippen molar-refractivity contribution in [2.45, 2.75) is 5.25 Å². The van der Waals surface area contributed by atoms with Gasteiger partial charge in [-0.2, -0.15) is 5.10 Å². The molecule has 0 fully saturated rings. The number of hydrogen-bond acceptors (Lipinski definition) is 4. The van der Waals surface area contributed by atoms with Crippen molar-refractivity contribution in [3.63, 3.8) is 0 Å². The van der Waals surface area contributed by atoms with Crippen molar-refractivity contribution in [2.75, 3.05) is 17.6 Å². The molecule has 1 aromatic carbocycles. The summed E-state index contributed by atoms with van der Waals surface area (Å²) in [5.41, 5.74) is 3.85. The lowest BCUT2D eigenvalue weighted by molar-refractivity contribution is 0.773. The van der Waals surface area contributed by atoms with Crippen LogP contribution < -0.4 is 5.32 Å². The number of aromatic nitrogens is 3. The SMILES string of the molecule is Cn1nc(-c2ccc(Br)cn2)c2c1NCCSC2c1ccc(Cl)cc1Cl. The predicted octanol–water partition coefficient (Wildman–Crippen LogP) is 5.80. The van der Waals surface area contributed by atoms with E-state index in [0.717, 1.165) is 45.1 Å². The van der Waals surface area contributed by atoms with Gasteiger partial charge in [0.15, 0.2) is 0 Å². The van der Waals surface area contributed by atoms with Gasteiger partial charge in [-0.05, 0) is 45.8 Å². The molecule has 134 valence electrons. The molecule has 26 heavy (non-hydrogen) atoms. The maximum Gasteiger partial charge on any atom is 0.129 e. The molecule has 8 heteroatoms. The number of benzene rings is 1. The maximum absolute atomic E-state index is 6.54. The molecule has 0 radical (unpaired) electrons. The molecule has 0 aliphatic carbocycles. The number of halogens is 3. The average molecular weight is 470 g/mol. The summed E-state index contributed by atoms with van der Waals surface area (Å²) < 4.78 is 2.82. The molecule has 0 amide bonds. The highest BCUT2D eigenvalue weighted by Crippen LogP contribution is 2.47. The molecule has 1 aliphatic rings. The van der Waals surface area contributed by atoms with Crippen LogP contribution in [0.5, 0.6) is 0 Å². The van der Waals surface area contributed by atoms with Crippen molar-refractivity contribution < 1.29 is 0 Å². The molecule has 0 saturated carbocycles. The minimum absolute atomic E-state index is 0.0545. The van der Waals surface area contributed by atoms with Crippen molar-refractivity contribution in [1.82, 2.24) is 14.8 Å². The molecule has 3 aromatic rings. The lowest BCUT2D eigenvalue weighted by Gasteiger charge is -2.18. The molecule has 2 aromatic heterocycles. The fourth-order valence-corrected chi connectivity index (χ4v) is 5.14. The van der Waals surface area contributed by atoms with Gasteiger partial charge < -0.3 is 5.32 Å². The summed E-state index contributed by atoms with van der Waals surface area (Å²) in [5, 5.41) is 9.61. The highest BCUT2D eigenvalue weighted by Gasteiger charge is 2.30. The number of aryl methyl sites for hydroxylation is 1. The quantitative estimate of drug-likeness (QED) is 0.515. The Hall–Kier alpha value is -1.21. The Morgan fingerprint density at radius 3 is 2.85 bits per heavy atom. The van der Waals surface area contributed by atoms with Gasteiger partial charge in [0, 0.05) is 45.6 Å². The van der Waals surface area contributed by atoms with Gasteiger partial charge >= 0.3 is 0 Å². The van der Waals surface area contributed by atoms with E-state index in [-0.39, 0.29) is 5.25 Å². The van der Waals surface area contributed by atoms with E-state index >= 15 is 0 Å². The molecule has 1 atom stereocenters. The highest BCUT2D eigenvalue weighted by atomic mass is 79.9. The van der Waals surface area contributed by atoms with E-state index < -0.39 is 0 Å². The number of nitrogens with zero attached hydrogens (tertiary/aromatic N) is 3. The highest BCUT2D eigenvalue weighted by molar-refractivity contribution is 9.10. The van der Waals surface area contributed by atoms with Gasteiger partial charge in [-0.3, -0.25) is 9.67 Å². The third-order valence-electron chi connectivity index (χ3n) is 4.24. The Labute approximate surface area is 174 Å². The molecule has 0 saturated heterocycles. The summed E-state index contributed by atoms with van der Waals surface area (Å²) in [5.74, 6) is 1.97. The monoisotopic (exact) mass is 468 g/mol. The molecule has 4 nitrogen and oxygen atoms in total. The lowest BCUT2D eigenvalue weighted by atomic mass is 10.0. The Morgan fingerprint density at radius 2 is 2.12 bits per heavy atom. The minimum Gasteiger partial charge on any atom is -0.369 e. The van der Waals surface area contributed by atoms with Crippen LogP contribution in [0.4, 0.5) is 5.82 Å². The fraction of sp³-hybridized carbons (Fsp3) is 0.222. The number of pyridine rings is 1. The molecule has 3 heterocycles. The van der Waals surface area contributed by atoms with Crippen LogP contribution in [-0.2, 0) is 7.05 Å². The first kappa shape index (κ1) is 18.2. The summed E-state index contributed by atoms with van der Waals surface area (Å²) in [7, 11) is 1.95. The van der Waals surface area contributed by atoms with Gasteiger partial charge in [0.1, 0.15) is 11.5 Å². The Kier molecular flexibility index (Phi) is 5.19. The third kappa shape index (κ3) is 3.36. The van der Waals surface area contributed by atoms with Crippen LogP contribution in [0.25, 0.3) is 11.4 Å². The zero-order valence-electron chi connectivity index (χ0n) is 13.8. The van der Waals surface area contributed by atoms with E-state index in [9.17, 15) is 0 Å². The van der Waals surface area contributed by atoms with Gasteiger partial charge in [0.05, 0.1) is 10.9 Å². The Balaban J connectivity index is 1.91. The zero-order chi connectivity index (χ0) is 18.3. The first-order valence-electron chi connectivity index (χ1n) is 8.04. The third-order valence-corrected chi connectivity index (χ3v) is 6.53. The largest absolute Gasteiger partial charge is 0.369 e. The number of thioether (sulfide) groups is 1. The van der Waals surface area contributed by atoms with Gasteiger partial charge in [-0.1, -0.05) is 29.3 Å². The Bertz CT molecular complexity index is 959. The molecule has 4 rings (SSSR count). The van der Waals surface area contributed by atoms with Crippen LogP contribution in [0.3, 0.4) is 0 Å². The van der Waals surface area contributed by atoms with Crippen molar-refractivity contribution in [3.05, 3.63) is 62.2 Å². The van der Waals surface area contributed by atoms with Crippen LogP contribution in [0.2, 0.25) is 10.0 Å². The standard InChI is InChI=1S/C18H15BrCl2N4S/c1-25-18-15(16(24-25)14-5-2-10(19)9-23-14)17(26-7-6-22-18)12-4-3-11(20)8-13(12)21/h2-5,8-9,17,22H,6-7H2,1H3. The number of fused-ring (bicyclic) bond motifs is 1. The molecular formula is C18H15BrCl2N4S. The smallest absolute Gasteiger partial charge is 0.129 e. The van der Waals surface area contributed by atoms with Crippen molar-refractivity contribution in [3.8, 4) is 11.4 Å². The molecule has 1 aliphatic heterocycles. The van der Waals surface area contributed by atoms with Crippen LogP contribution in [0.15, 0.2) is 41.0 Å². The molecular weight excluding hydrogens is 455 g/mol. The summed E-state index contributed by atoms with van der Waals surface area (Å²) in [4.78, 5) is 4.55. The van der Waals surface area contributed by atoms with E-state index in [1.165, 1.54) is 0 Å². The molecule has 0 spiro atoms. The van der Waals surface area contributed by atoms with Gasteiger partial charge in [0.2, 0.25) is 0 Å². The summed E-state index contributed by atoms with van der Waals surface area (Å²) in [6.45, 7) is 0.867. The Morgan fingerprint density at radius 1 is 1.27 bits per heavy atom. The minimum atomic E-state index is 0.0545. The lowest BCUT2D eigenvalue weighted by Crippen LogP contribution is -2.06. The summed E-state index contributed by atoms with van der Waals surface area (Å²) in [6.07, 6.45) is 1.79. The van der Waals surface area contributed by atoms with Crippen LogP contribution >= 0.6 is 50.9 Å². The van der Waals surface area contributed by atoms with Crippen LogP contribution in [0, 0.1) is 0 Å². The van der Waals surface area contributed by atoms with E-state index in [0.29, 0.717) is 10.0 Å². The van der Waals surface area contributed by atoms with Crippen LogP contribution in [0.1, 0.15) is 16.4 Å². The number of hydrogen-bond donors (Lipinski definition) is 1. The summed E-state index contributed by atoms with van der Waals surface area (Å²) >= 11 is 17.9. The van der Waals surface area contributed by atoms with Gasteiger partial charge in [0.25, 0.3) is 0 Å². The topological polar surface area (TPSA) is 42.7 Å². The number of anilines is 1. The molecule has 0 bridgehead atoms. The second-order valence-electron chi connectivity index (χ2n) is 5.94. The number of rotatable bonds is 2. The van der Waals surface area contributed by atoms with Crippen molar-refractivity contribution >= 4 is 56.7 Å². The zero-order valence-corrected chi connectivity index (χ0v) is 17.8. The first-order valence-corrected chi connectivity index (χ1v) is 10.6. The van der Waals surface area contributed by atoms with Crippen molar-refractivity contribution in [1.29, 1.82) is 0 Å². The number of nitrogens with one attached hydrogen (secondary N) is 1. The van der Waals surface area contributed by atoms with E-state index in [4.69, 9.17) is 28.3 Å². The first-order chi connectivity index (χ1) is 12.5. The maximum atomic E-state index is 6.54.